The number of carbonyl (C=O) groups excluding carboxylic acids is 2. The van der Waals surface area contributed by atoms with Crippen molar-refractivity contribution < 1.29 is 19.2 Å². The Kier molecular flexibility index (Phi) is 8.19. The number of nitro benzene ring substituents is 1. The Balaban J connectivity index is 1.57. The predicted octanol–water partition coefficient (Wildman–Crippen LogP) is 2.54. The molecule has 0 saturated carbocycles. The number of esters is 1. The van der Waals surface area contributed by atoms with Crippen LogP contribution in [0.5, 0.6) is 0 Å². The van der Waals surface area contributed by atoms with Crippen LogP contribution in [0, 0.1) is 10.1 Å². The Morgan fingerprint density at radius 3 is 2.67 bits per heavy atom. The molecule has 0 aromatic heterocycles. The smallest absolute Gasteiger partial charge is 0.306 e. The summed E-state index contributed by atoms with van der Waals surface area (Å²) in [6, 6.07) is 5.58. The minimum atomic E-state index is -0.482. The normalized spacial score (nSPS) is 14.8. The highest BCUT2D eigenvalue weighted by Gasteiger charge is 2.23. The second kappa shape index (κ2) is 10.6. The van der Waals surface area contributed by atoms with Gasteiger partial charge in [0, 0.05) is 31.6 Å². The highest BCUT2D eigenvalue weighted by molar-refractivity contribution is 5.81. The third kappa shape index (κ3) is 6.97. The summed E-state index contributed by atoms with van der Waals surface area (Å²) in [6.45, 7) is 1.64. The van der Waals surface area contributed by atoms with Gasteiger partial charge in [-0.15, -0.1) is 0 Å². The van der Waals surface area contributed by atoms with E-state index in [-0.39, 0.29) is 30.6 Å². The third-order valence-corrected chi connectivity index (χ3v) is 4.65. The van der Waals surface area contributed by atoms with Crippen LogP contribution in [0.15, 0.2) is 24.3 Å². The van der Waals surface area contributed by atoms with Gasteiger partial charge in [0.25, 0.3) is 5.69 Å². The molecule has 0 spiro atoms. The second-order valence-electron chi connectivity index (χ2n) is 6.83. The molecule has 1 aliphatic rings. The number of unbranched alkanes of at least 4 members (excludes halogenated alkanes) is 2. The number of nitrogens with zero attached hydrogens (tertiary/aromatic N) is 2. The molecule has 0 bridgehead atoms. The van der Waals surface area contributed by atoms with Crippen LogP contribution >= 0.6 is 0 Å². The molecule has 1 atom stereocenters. The van der Waals surface area contributed by atoms with Gasteiger partial charge in [-0.25, -0.2) is 0 Å². The molecule has 1 heterocycles. The molecule has 1 amide bonds. The molecule has 0 radical (unpaired) electrons. The number of nitro groups is 1. The molecular formula is C19H27N3O5. The summed E-state index contributed by atoms with van der Waals surface area (Å²) in [6.07, 6.45) is 5.26. The van der Waals surface area contributed by atoms with E-state index in [0.717, 1.165) is 38.8 Å². The third-order valence-electron chi connectivity index (χ3n) is 4.65. The first-order valence-corrected chi connectivity index (χ1v) is 9.40. The number of amides is 1. The fraction of sp³-hybridized carbons (Fsp3) is 0.579. The van der Waals surface area contributed by atoms with Crippen molar-refractivity contribution >= 4 is 17.6 Å². The van der Waals surface area contributed by atoms with Gasteiger partial charge in [-0.3, -0.25) is 19.7 Å². The highest BCUT2D eigenvalue weighted by atomic mass is 16.6. The number of hydrogen-bond donors (Lipinski definition) is 1. The summed E-state index contributed by atoms with van der Waals surface area (Å²) >= 11 is 0. The number of benzene rings is 1. The maximum atomic E-state index is 12.1. The fourth-order valence-electron chi connectivity index (χ4n) is 3.10. The molecular weight excluding hydrogens is 350 g/mol. The van der Waals surface area contributed by atoms with Gasteiger partial charge in [0.2, 0.25) is 5.91 Å². The van der Waals surface area contributed by atoms with E-state index in [4.69, 9.17) is 10.5 Å². The van der Waals surface area contributed by atoms with Gasteiger partial charge < -0.3 is 15.4 Å². The zero-order chi connectivity index (χ0) is 19.6. The number of non-ortho nitro benzene ring substituents is 1. The first kappa shape index (κ1) is 20.8. The summed E-state index contributed by atoms with van der Waals surface area (Å²) in [4.78, 5) is 35.9. The van der Waals surface area contributed by atoms with Crippen LogP contribution in [-0.4, -0.2) is 40.8 Å². The van der Waals surface area contributed by atoms with Crippen LogP contribution in [0.3, 0.4) is 0 Å². The molecule has 8 nitrogen and oxygen atoms in total. The Bertz CT molecular complexity index is 659. The molecule has 148 valence electrons. The number of hydrogen-bond acceptors (Lipinski definition) is 6. The van der Waals surface area contributed by atoms with Gasteiger partial charge in [-0.1, -0.05) is 25.0 Å². The van der Waals surface area contributed by atoms with Crippen LogP contribution in [0.4, 0.5) is 5.69 Å². The van der Waals surface area contributed by atoms with E-state index in [1.165, 1.54) is 12.1 Å². The van der Waals surface area contributed by atoms with Crippen molar-refractivity contribution in [2.45, 2.75) is 57.6 Å². The molecule has 1 saturated heterocycles. The minimum absolute atomic E-state index is 0.0235. The number of likely N-dealkylation sites (tertiary alicyclic amines) is 1. The van der Waals surface area contributed by atoms with Crippen molar-refractivity contribution in [2.75, 3.05) is 13.1 Å². The van der Waals surface area contributed by atoms with Crippen molar-refractivity contribution in [1.29, 1.82) is 0 Å². The molecule has 1 aromatic carbocycles. The standard InChI is InChI=1S/C19H27N3O5/c20-17(19(24)21-11-4-5-12-21)9-2-1-3-10-18(23)27-14-15-7-6-8-16(13-15)22(25)26/h6-8,13,17H,1-5,9-12,14,20H2/t17-/m0/s1. The van der Waals surface area contributed by atoms with Gasteiger partial charge in [-0.05, 0) is 31.2 Å². The minimum Gasteiger partial charge on any atom is -0.461 e. The zero-order valence-electron chi connectivity index (χ0n) is 15.5. The van der Waals surface area contributed by atoms with Crippen molar-refractivity contribution in [3.63, 3.8) is 0 Å². The van der Waals surface area contributed by atoms with Gasteiger partial charge in [0.05, 0.1) is 11.0 Å². The monoisotopic (exact) mass is 377 g/mol. The van der Waals surface area contributed by atoms with Crippen LogP contribution in [0.25, 0.3) is 0 Å². The Morgan fingerprint density at radius 2 is 1.96 bits per heavy atom. The van der Waals surface area contributed by atoms with E-state index in [0.29, 0.717) is 18.4 Å². The lowest BCUT2D eigenvalue weighted by Crippen LogP contribution is -2.42. The van der Waals surface area contributed by atoms with Gasteiger partial charge >= 0.3 is 5.97 Å². The van der Waals surface area contributed by atoms with Crippen molar-refractivity contribution in [3.8, 4) is 0 Å². The van der Waals surface area contributed by atoms with Crippen molar-refractivity contribution in [1.82, 2.24) is 4.90 Å². The van der Waals surface area contributed by atoms with Crippen LogP contribution in [0.2, 0.25) is 0 Å². The van der Waals surface area contributed by atoms with Crippen molar-refractivity contribution in [3.05, 3.63) is 39.9 Å². The molecule has 8 heteroatoms. The SMILES string of the molecule is N[C@@H](CCCCCC(=O)OCc1cccc([N+](=O)[O-])c1)C(=O)N1CCCC1. The Labute approximate surface area is 158 Å². The van der Waals surface area contributed by atoms with Crippen LogP contribution in [0.1, 0.15) is 50.5 Å². The Morgan fingerprint density at radius 1 is 1.22 bits per heavy atom. The topological polar surface area (TPSA) is 116 Å². The molecule has 1 fully saturated rings. The molecule has 0 aliphatic carbocycles. The lowest BCUT2D eigenvalue weighted by atomic mass is 10.1. The molecule has 1 aromatic rings. The number of rotatable bonds is 10. The van der Waals surface area contributed by atoms with E-state index in [1.54, 1.807) is 12.1 Å². The summed E-state index contributed by atoms with van der Waals surface area (Å²) < 4.78 is 5.15. The van der Waals surface area contributed by atoms with E-state index in [2.05, 4.69) is 0 Å². The van der Waals surface area contributed by atoms with Crippen LogP contribution < -0.4 is 5.73 Å². The number of ether oxygens (including phenoxy) is 1. The average Bonchev–Trinajstić information content (AvgIpc) is 3.20. The first-order chi connectivity index (χ1) is 13.0. The highest BCUT2D eigenvalue weighted by Crippen LogP contribution is 2.15. The van der Waals surface area contributed by atoms with Gasteiger partial charge in [0.1, 0.15) is 6.61 Å². The molecule has 2 rings (SSSR count). The molecule has 0 unspecified atom stereocenters. The quantitative estimate of drug-likeness (QED) is 0.290. The van der Waals surface area contributed by atoms with E-state index < -0.39 is 11.0 Å². The summed E-state index contributed by atoms with van der Waals surface area (Å²) in [5.74, 6) is -0.303. The van der Waals surface area contributed by atoms with E-state index in [9.17, 15) is 19.7 Å². The van der Waals surface area contributed by atoms with Crippen molar-refractivity contribution in [2.24, 2.45) is 5.73 Å². The summed E-state index contributed by atoms with van der Waals surface area (Å²) in [5.41, 5.74) is 6.52. The fourth-order valence-corrected chi connectivity index (χ4v) is 3.10. The van der Waals surface area contributed by atoms with Gasteiger partial charge in [0.15, 0.2) is 0 Å². The maximum absolute atomic E-state index is 12.1. The summed E-state index contributed by atoms with van der Waals surface area (Å²) in [5, 5.41) is 10.7. The second-order valence-corrected chi connectivity index (χ2v) is 6.83. The lowest BCUT2D eigenvalue weighted by molar-refractivity contribution is -0.384. The number of carbonyl (C=O) groups is 2. The van der Waals surface area contributed by atoms with Crippen LogP contribution in [-0.2, 0) is 20.9 Å². The Hall–Kier alpha value is -2.48. The summed E-state index contributed by atoms with van der Waals surface area (Å²) in [7, 11) is 0. The van der Waals surface area contributed by atoms with E-state index >= 15 is 0 Å². The average molecular weight is 377 g/mol. The maximum Gasteiger partial charge on any atom is 0.306 e. The largest absolute Gasteiger partial charge is 0.461 e. The zero-order valence-corrected chi connectivity index (χ0v) is 15.5. The molecule has 2 N–H and O–H groups in total. The molecule has 1 aliphatic heterocycles. The number of nitrogens with two attached hydrogens (primary N) is 1. The first-order valence-electron chi connectivity index (χ1n) is 9.40. The molecule has 27 heavy (non-hydrogen) atoms. The van der Waals surface area contributed by atoms with Gasteiger partial charge in [-0.2, -0.15) is 0 Å². The van der Waals surface area contributed by atoms with E-state index in [1.807, 2.05) is 4.90 Å². The lowest BCUT2D eigenvalue weighted by Gasteiger charge is -2.20. The predicted molar refractivity (Wildman–Crippen MR) is 99.8 cm³/mol.